The molecular weight excluding hydrogens is 446 g/mol. The molecule has 1 atom stereocenters. The van der Waals surface area contributed by atoms with Crippen molar-refractivity contribution in [2.24, 2.45) is 7.05 Å². The lowest BCUT2D eigenvalue weighted by atomic mass is 9.99. The predicted octanol–water partition coefficient (Wildman–Crippen LogP) is 1.24. The fourth-order valence-corrected chi connectivity index (χ4v) is 6.70. The number of amides is 2. The van der Waals surface area contributed by atoms with Gasteiger partial charge in [0.05, 0.1) is 11.7 Å². The molecule has 5 rings (SSSR count). The number of nitrogens with one attached hydrogen (secondary N) is 2. The summed E-state index contributed by atoms with van der Waals surface area (Å²) in [7, 11) is -2.97. The van der Waals surface area contributed by atoms with Gasteiger partial charge in [-0.2, -0.15) is 18.0 Å². The Hall–Kier alpha value is -2.47. The molecule has 0 radical (unpaired) electrons. The maximum Gasteiger partial charge on any atom is 0.436 e. The Balaban J connectivity index is 1.45. The molecule has 2 amide bonds. The highest BCUT2D eigenvalue weighted by Crippen LogP contribution is 2.38. The number of anilines is 2. The number of urea groups is 1. The monoisotopic (exact) mass is 475 g/mol. The Morgan fingerprint density at radius 2 is 1.82 bits per heavy atom. The molecule has 1 aliphatic heterocycles. The predicted molar refractivity (Wildman–Crippen MR) is 122 cm³/mol. The van der Waals surface area contributed by atoms with Crippen molar-refractivity contribution in [1.82, 2.24) is 9.78 Å². The van der Waals surface area contributed by atoms with Crippen molar-refractivity contribution >= 4 is 27.7 Å². The third-order valence-electron chi connectivity index (χ3n) is 6.84. The molecule has 33 heavy (non-hydrogen) atoms. The standard InChI is InChI=1S/C22H29N5O5S/c1-25-11-8-20(24-25)26(17-9-12-32-13-10-17)33(30,31)27(29)22(28)23-21-18-6-2-4-15(18)14-16-5-3-7-19(16)21/h8,11,14,17,27H,2-7,9-10,12-13H2,1H3,(H,23,28). The van der Waals surface area contributed by atoms with Crippen molar-refractivity contribution in [3.05, 3.63) is 45.8 Å². The van der Waals surface area contributed by atoms with Gasteiger partial charge in [-0.15, -0.1) is 0 Å². The molecule has 1 saturated heterocycles. The van der Waals surface area contributed by atoms with Gasteiger partial charge in [0.1, 0.15) is 0 Å². The van der Waals surface area contributed by atoms with E-state index in [9.17, 15) is 18.4 Å². The molecule has 0 saturated carbocycles. The van der Waals surface area contributed by atoms with Gasteiger partial charge in [0.2, 0.25) is 0 Å². The van der Waals surface area contributed by atoms with Gasteiger partial charge in [0.25, 0.3) is 0 Å². The maximum atomic E-state index is 13.5. The minimum atomic E-state index is -4.64. The fraction of sp³-hybridized carbons (Fsp3) is 0.545. The summed E-state index contributed by atoms with van der Waals surface area (Å²) in [6.07, 6.45) is 7.95. The number of carbonyl (C=O) groups is 1. The van der Waals surface area contributed by atoms with Crippen LogP contribution in [0.1, 0.15) is 47.9 Å². The first-order valence-corrected chi connectivity index (χ1v) is 12.9. The average Bonchev–Trinajstić information content (AvgIpc) is 3.55. The van der Waals surface area contributed by atoms with Crippen LogP contribution in [0.4, 0.5) is 16.3 Å². The minimum Gasteiger partial charge on any atom is -0.608 e. The van der Waals surface area contributed by atoms with Crippen molar-refractivity contribution < 1.29 is 22.4 Å². The van der Waals surface area contributed by atoms with Crippen LogP contribution in [-0.2, 0) is 47.7 Å². The molecule has 1 aromatic carbocycles. The zero-order valence-corrected chi connectivity index (χ0v) is 19.5. The molecule has 2 aromatic rings. The van der Waals surface area contributed by atoms with Crippen molar-refractivity contribution in [3.8, 4) is 0 Å². The van der Waals surface area contributed by atoms with Crippen LogP contribution in [0, 0.1) is 5.21 Å². The lowest BCUT2D eigenvalue weighted by Gasteiger charge is -2.34. The quantitative estimate of drug-likeness (QED) is 0.628. The summed E-state index contributed by atoms with van der Waals surface area (Å²) in [5, 5.41) is 20.1. The highest BCUT2D eigenvalue weighted by Gasteiger charge is 2.41. The second-order valence-electron chi connectivity index (χ2n) is 8.97. The number of ether oxygens (including phenoxy) is 1. The number of aromatic nitrogens is 2. The molecule has 1 unspecified atom stereocenters. The molecule has 10 nitrogen and oxygen atoms in total. The molecule has 0 bridgehead atoms. The fourth-order valence-electron chi connectivity index (χ4n) is 5.28. The normalized spacial score (nSPS) is 19.2. The number of aryl methyl sites for hydroxylation is 3. The van der Waals surface area contributed by atoms with Gasteiger partial charge >= 0.3 is 16.2 Å². The maximum absolute atomic E-state index is 13.5. The van der Waals surface area contributed by atoms with Gasteiger partial charge in [-0.1, -0.05) is 6.07 Å². The summed E-state index contributed by atoms with van der Waals surface area (Å²) in [6, 6.07) is 2.14. The van der Waals surface area contributed by atoms with Crippen LogP contribution in [0.5, 0.6) is 0 Å². The summed E-state index contributed by atoms with van der Waals surface area (Å²) in [6.45, 7) is 0.762. The molecule has 11 heteroatoms. The van der Waals surface area contributed by atoms with E-state index in [0.29, 0.717) is 31.7 Å². The van der Waals surface area contributed by atoms with Crippen LogP contribution in [0.3, 0.4) is 0 Å². The Morgan fingerprint density at radius 1 is 1.18 bits per heavy atom. The zero-order chi connectivity index (χ0) is 23.2. The molecule has 178 valence electrons. The molecule has 0 spiro atoms. The number of hydroxylamine groups is 1. The molecule has 1 aromatic heterocycles. The Bertz CT molecular complexity index is 1140. The molecular formula is C22H29N5O5S. The van der Waals surface area contributed by atoms with E-state index in [0.717, 1.165) is 54.0 Å². The number of carbonyl (C=O) groups excluding carboxylic acids is 1. The number of hydrogen-bond donors (Lipinski definition) is 2. The first-order valence-electron chi connectivity index (χ1n) is 11.5. The van der Waals surface area contributed by atoms with Crippen LogP contribution < -0.4 is 14.1 Å². The molecule has 2 aliphatic carbocycles. The number of benzene rings is 1. The van der Waals surface area contributed by atoms with E-state index in [4.69, 9.17) is 4.74 Å². The van der Waals surface area contributed by atoms with Crippen molar-refractivity contribution in [1.29, 1.82) is 0 Å². The minimum absolute atomic E-state index is 0.132. The number of hydrogen-bond acceptors (Lipinski definition) is 6. The van der Waals surface area contributed by atoms with Crippen LogP contribution in [0.15, 0.2) is 18.3 Å². The van der Waals surface area contributed by atoms with Crippen molar-refractivity contribution in [2.45, 2.75) is 57.4 Å². The Morgan fingerprint density at radius 3 is 2.39 bits per heavy atom. The van der Waals surface area contributed by atoms with Gasteiger partial charge in [-0.25, -0.2) is 9.10 Å². The number of nitrogens with zero attached hydrogens (tertiary/aromatic N) is 3. The van der Waals surface area contributed by atoms with Gasteiger partial charge in [0.15, 0.2) is 5.82 Å². The largest absolute Gasteiger partial charge is 0.608 e. The van der Waals surface area contributed by atoms with E-state index < -0.39 is 26.8 Å². The van der Waals surface area contributed by atoms with E-state index in [-0.39, 0.29) is 5.82 Å². The van der Waals surface area contributed by atoms with E-state index in [2.05, 4.69) is 16.5 Å². The summed E-state index contributed by atoms with van der Waals surface area (Å²) in [4.78, 5) is 13.1. The third kappa shape index (κ3) is 4.03. The van der Waals surface area contributed by atoms with E-state index in [1.807, 2.05) is 0 Å². The third-order valence-corrected chi connectivity index (χ3v) is 8.50. The van der Waals surface area contributed by atoms with Crippen LogP contribution in [0.2, 0.25) is 0 Å². The van der Waals surface area contributed by atoms with Crippen LogP contribution >= 0.6 is 0 Å². The second-order valence-corrected chi connectivity index (χ2v) is 10.7. The number of fused-ring (bicyclic) bond motifs is 2. The van der Waals surface area contributed by atoms with Gasteiger partial charge < -0.3 is 9.94 Å². The second kappa shape index (κ2) is 8.71. The van der Waals surface area contributed by atoms with E-state index in [1.165, 1.54) is 21.9 Å². The highest BCUT2D eigenvalue weighted by atomic mass is 32.2. The van der Waals surface area contributed by atoms with Crippen molar-refractivity contribution in [3.63, 3.8) is 0 Å². The zero-order valence-electron chi connectivity index (χ0n) is 18.7. The SMILES string of the molecule is Cn1ccc(N(C2CCOCC2)S(=O)(=O)[NH+]([O-])C(=O)Nc2c3c(cc4c2CCC4)CCC3)n1. The lowest BCUT2D eigenvalue weighted by molar-refractivity contribution is -0.604. The summed E-state index contributed by atoms with van der Waals surface area (Å²) >= 11 is 0. The number of quaternary nitrogens is 1. The van der Waals surface area contributed by atoms with Crippen LogP contribution in [0.25, 0.3) is 0 Å². The van der Waals surface area contributed by atoms with Crippen LogP contribution in [-0.4, -0.2) is 43.5 Å². The van der Waals surface area contributed by atoms with Crippen molar-refractivity contribution in [2.75, 3.05) is 22.8 Å². The summed E-state index contributed by atoms with van der Waals surface area (Å²) < 4.78 is 33.3. The van der Waals surface area contributed by atoms with E-state index in [1.54, 1.807) is 13.2 Å². The first kappa shape index (κ1) is 22.3. The van der Waals surface area contributed by atoms with Gasteiger partial charge in [-0.3, -0.25) is 10.00 Å². The van der Waals surface area contributed by atoms with Gasteiger partial charge in [-0.05, 0) is 73.6 Å². The molecule has 3 aliphatic rings. The molecule has 2 N–H and O–H groups in total. The molecule has 1 fully saturated rings. The average molecular weight is 476 g/mol. The molecule has 2 heterocycles. The number of rotatable bonds is 5. The summed E-state index contributed by atoms with van der Waals surface area (Å²) in [5.74, 6) is 0.132. The Labute approximate surface area is 193 Å². The smallest absolute Gasteiger partial charge is 0.436 e. The topological polar surface area (TPSA) is 121 Å². The first-order chi connectivity index (χ1) is 15.9. The lowest BCUT2D eigenvalue weighted by Crippen LogP contribution is -3.14. The Kier molecular flexibility index (Phi) is 5.89. The summed E-state index contributed by atoms with van der Waals surface area (Å²) in [5.41, 5.74) is 5.12. The van der Waals surface area contributed by atoms with E-state index >= 15 is 0 Å². The van der Waals surface area contributed by atoms with Gasteiger partial charge in [0, 0.05) is 32.5 Å². The highest BCUT2D eigenvalue weighted by molar-refractivity contribution is 7.86.